The Bertz CT molecular complexity index is 206. The Balaban J connectivity index is 2.99. The van der Waals surface area contributed by atoms with Crippen molar-refractivity contribution in [1.29, 1.82) is 0 Å². The van der Waals surface area contributed by atoms with Crippen LogP contribution in [0, 0.1) is 0 Å². The lowest BCUT2D eigenvalue weighted by molar-refractivity contribution is -0.127. The molecule has 1 rings (SSSR count). The number of carbonyl (C=O) groups excluding carboxylic acids is 1. The quantitative estimate of drug-likeness (QED) is 0.337. The summed E-state index contributed by atoms with van der Waals surface area (Å²) in [5, 5.41) is 34.5. The maximum Gasteiger partial charge on any atom is 0.232 e. The first-order chi connectivity index (χ1) is 4.55. The lowest BCUT2D eigenvalue weighted by Crippen LogP contribution is -2.28. The van der Waals surface area contributed by atoms with Crippen LogP contribution in [0.2, 0.25) is 0 Å². The molecule has 0 amide bonds. The third-order valence-corrected chi connectivity index (χ3v) is 1.32. The molecule has 56 valence electrons. The molecule has 0 aromatic heterocycles. The molecule has 0 radical (unpaired) electrons. The molecule has 10 heavy (non-hydrogen) atoms. The normalized spacial score (nSPS) is 33.6. The van der Waals surface area contributed by atoms with Crippen molar-refractivity contribution < 1.29 is 25.2 Å². The van der Waals surface area contributed by atoms with Gasteiger partial charge < -0.3 is 20.4 Å². The van der Waals surface area contributed by atoms with Crippen LogP contribution in [0.4, 0.5) is 0 Å². The topological polar surface area (TPSA) is 98.0 Å². The van der Waals surface area contributed by atoms with Gasteiger partial charge in [-0.2, -0.15) is 0 Å². The van der Waals surface area contributed by atoms with E-state index in [1.54, 1.807) is 0 Å². The summed E-state index contributed by atoms with van der Waals surface area (Å²) < 4.78 is 0. The van der Waals surface area contributed by atoms with Gasteiger partial charge in [-0.25, -0.2) is 0 Å². The summed E-state index contributed by atoms with van der Waals surface area (Å²) in [5.74, 6) is -2.87. The van der Waals surface area contributed by atoms with E-state index in [0.29, 0.717) is 0 Å². The number of carbonyl (C=O) groups is 1. The van der Waals surface area contributed by atoms with Crippen molar-refractivity contribution in [1.82, 2.24) is 0 Å². The fourth-order valence-corrected chi connectivity index (χ4v) is 0.699. The van der Waals surface area contributed by atoms with E-state index in [2.05, 4.69) is 0 Å². The van der Waals surface area contributed by atoms with Gasteiger partial charge in [-0.05, 0) is 0 Å². The third kappa shape index (κ3) is 0.680. The lowest BCUT2D eigenvalue weighted by atomic mass is 10.2. The first-order valence-corrected chi connectivity index (χ1v) is 2.58. The van der Waals surface area contributed by atoms with Gasteiger partial charge in [0, 0.05) is 0 Å². The minimum Gasteiger partial charge on any atom is -0.506 e. The van der Waals surface area contributed by atoms with E-state index in [4.69, 9.17) is 20.4 Å². The van der Waals surface area contributed by atoms with E-state index in [-0.39, 0.29) is 0 Å². The first-order valence-electron chi connectivity index (χ1n) is 2.58. The minimum absolute atomic E-state index is 0.863. The number of hydrogen-bond acceptors (Lipinski definition) is 5. The Labute approximate surface area is 55.8 Å². The van der Waals surface area contributed by atoms with Crippen LogP contribution in [0.1, 0.15) is 0 Å². The SMILES string of the molecule is O=C1C(O)=C(O)C(O)C1O. The number of rotatable bonds is 0. The highest BCUT2D eigenvalue weighted by molar-refractivity contribution is 6.00. The molecule has 4 N–H and O–H groups in total. The molecule has 2 unspecified atom stereocenters. The van der Waals surface area contributed by atoms with Gasteiger partial charge in [-0.15, -0.1) is 0 Å². The molecule has 0 heterocycles. The highest BCUT2D eigenvalue weighted by Gasteiger charge is 2.40. The summed E-state index contributed by atoms with van der Waals surface area (Å²) in [4.78, 5) is 10.4. The van der Waals surface area contributed by atoms with Gasteiger partial charge in [0.15, 0.2) is 11.9 Å². The molecule has 0 aliphatic heterocycles. The van der Waals surface area contributed by atoms with E-state index in [9.17, 15) is 4.79 Å². The Kier molecular flexibility index (Phi) is 1.38. The number of Topliss-reactive ketones (excluding diaryl/α,β-unsaturated/α-hetero) is 1. The predicted molar refractivity (Wildman–Crippen MR) is 29.3 cm³/mol. The van der Waals surface area contributed by atoms with Gasteiger partial charge in [-0.3, -0.25) is 4.79 Å². The zero-order valence-corrected chi connectivity index (χ0v) is 4.85. The summed E-state index contributed by atoms with van der Waals surface area (Å²) in [6.45, 7) is 0. The second-order valence-corrected chi connectivity index (χ2v) is 1.99. The van der Waals surface area contributed by atoms with E-state index in [0.717, 1.165) is 0 Å². The molecule has 0 bridgehead atoms. The highest BCUT2D eigenvalue weighted by Crippen LogP contribution is 2.19. The van der Waals surface area contributed by atoms with Crippen molar-refractivity contribution >= 4 is 5.78 Å². The van der Waals surface area contributed by atoms with Crippen LogP contribution in [-0.2, 0) is 4.79 Å². The second-order valence-electron chi connectivity index (χ2n) is 1.99. The first kappa shape index (κ1) is 7.04. The van der Waals surface area contributed by atoms with Gasteiger partial charge in [0.1, 0.15) is 6.10 Å². The molecule has 0 saturated carbocycles. The highest BCUT2D eigenvalue weighted by atomic mass is 16.4. The van der Waals surface area contributed by atoms with Gasteiger partial charge in [0.25, 0.3) is 0 Å². The molecule has 0 aromatic rings. The van der Waals surface area contributed by atoms with Crippen LogP contribution in [0.3, 0.4) is 0 Å². The molecule has 1 aliphatic rings. The van der Waals surface area contributed by atoms with E-state index in [1.807, 2.05) is 0 Å². The Hall–Kier alpha value is -1.07. The van der Waals surface area contributed by atoms with Crippen molar-refractivity contribution in [2.24, 2.45) is 0 Å². The average molecular weight is 146 g/mol. The minimum atomic E-state index is -1.72. The molecule has 1 aliphatic carbocycles. The Morgan fingerprint density at radius 1 is 1.10 bits per heavy atom. The van der Waals surface area contributed by atoms with Crippen molar-refractivity contribution in [2.75, 3.05) is 0 Å². The van der Waals surface area contributed by atoms with Crippen LogP contribution < -0.4 is 0 Å². The van der Waals surface area contributed by atoms with Gasteiger partial charge in [-0.1, -0.05) is 0 Å². The van der Waals surface area contributed by atoms with E-state index < -0.39 is 29.5 Å². The predicted octanol–water partition coefficient (Wildman–Crippen LogP) is -1.38. The molecular formula is C5H6O5. The second kappa shape index (κ2) is 1.96. The number of aliphatic hydroxyl groups is 4. The number of ketones is 1. The summed E-state index contributed by atoms with van der Waals surface area (Å²) in [6.07, 6.45) is -3.40. The molecular weight excluding hydrogens is 140 g/mol. The maximum absolute atomic E-state index is 10.4. The lowest BCUT2D eigenvalue weighted by Gasteiger charge is -2.03. The van der Waals surface area contributed by atoms with Crippen LogP contribution in [0.25, 0.3) is 0 Å². The van der Waals surface area contributed by atoms with E-state index >= 15 is 0 Å². The van der Waals surface area contributed by atoms with Crippen molar-refractivity contribution in [3.8, 4) is 0 Å². The standard InChI is InChI=1S/C5H6O5/c6-1-2(7)4(9)5(10)3(1)8/h1-2,6-8,10H. The largest absolute Gasteiger partial charge is 0.506 e. The van der Waals surface area contributed by atoms with Gasteiger partial charge >= 0.3 is 0 Å². The zero-order valence-electron chi connectivity index (χ0n) is 4.85. The fourth-order valence-electron chi connectivity index (χ4n) is 0.699. The fraction of sp³-hybridized carbons (Fsp3) is 0.400. The van der Waals surface area contributed by atoms with Gasteiger partial charge in [0.2, 0.25) is 11.5 Å². The molecule has 0 fully saturated rings. The molecule has 0 aromatic carbocycles. The van der Waals surface area contributed by atoms with Crippen LogP contribution >= 0.6 is 0 Å². The Morgan fingerprint density at radius 3 is 1.70 bits per heavy atom. The Morgan fingerprint density at radius 2 is 1.60 bits per heavy atom. The molecule has 0 spiro atoms. The summed E-state index contributed by atoms with van der Waals surface area (Å²) in [6, 6.07) is 0. The van der Waals surface area contributed by atoms with Gasteiger partial charge in [0.05, 0.1) is 0 Å². The van der Waals surface area contributed by atoms with Crippen LogP contribution in [0.15, 0.2) is 11.5 Å². The average Bonchev–Trinajstić information content (AvgIpc) is 2.07. The number of hydrogen-bond donors (Lipinski definition) is 4. The third-order valence-electron chi connectivity index (χ3n) is 1.32. The molecule has 0 saturated heterocycles. The van der Waals surface area contributed by atoms with E-state index in [1.165, 1.54) is 0 Å². The maximum atomic E-state index is 10.4. The van der Waals surface area contributed by atoms with Crippen LogP contribution in [-0.4, -0.2) is 38.4 Å². The summed E-state index contributed by atoms with van der Waals surface area (Å²) in [7, 11) is 0. The molecule has 2 atom stereocenters. The number of aliphatic hydroxyl groups excluding tert-OH is 4. The van der Waals surface area contributed by atoms with Crippen molar-refractivity contribution in [3.05, 3.63) is 11.5 Å². The zero-order chi connectivity index (χ0) is 7.89. The van der Waals surface area contributed by atoms with Crippen molar-refractivity contribution in [3.63, 3.8) is 0 Å². The van der Waals surface area contributed by atoms with Crippen molar-refractivity contribution in [2.45, 2.75) is 12.2 Å². The summed E-state index contributed by atoms with van der Waals surface area (Å²) >= 11 is 0. The monoisotopic (exact) mass is 146 g/mol. The van der Waals surface area contributed by atoms with Crippen LogP contribution in [0.5, 0.6) is 0 Å². The summed E-state index contributed by atoms with van der Waals surface area (Å²) in [5.41, 5.74) is 0. The molecule has 5 heteroatoms. The smallest absolute Gasteiger partial charge is 0.232 e. The molecule has 5 nitrogen and oxygen atoms in total.